The van der Waals surface area contributed by atoms with Crippen LogP contribution in [0.1, 0.15) is 93.1 Å². The molecule has 0 bridgehead atoms. The number of methoxy groups -OCH3 is 1. The van der Waals surface area contributed by atoms with E-state index in [0.717, 1.165) is 43.9 Å². The Morgan fingerprint density at radius 1 is 0.863 bits per heavy atom. The van der Waals surface area contributed by atoms with Crippen LogP contribution in [0.5, 0.6) is 0 Å². The number of urea groups is 1. The molecule has 1 rings (SSSR count). The Balaban J connectivity index is -0.00000119. The lowest BCUT2D eigenvalue weighted by Crippen LogP contribution is -2.51. The van der Waals surface area contributed by atoms with Crippen molar-refractivity contribution in [1.82, 2.24) is 25.8 Å². The molecule has 1 unspecified atom stereocenters. The summed E-state index contributed by atoms with van der Waals surface area (Å²) in [6.45, 7) is 18.8. The lowest BCUT2D eigenvalue weighted by molar-refractivity contribution is -0.130. The van der Waals surface area contributed by atoms with E-state index >= 15 is 0 Å². The third-order valence-electron chi connectivity index (χ3n) is 6.69. The third kappa shape index (κ3) is 31.8. The van der Waals surface area contributed by atoms with Crippen molar-refractivity contribution in [2.45, 2.75) is 100 Å². The van der Waals surface area contributed by atoms with Crippen molar-refractivity contribution in [3.05, 3.63) is 29.8 Å². The molecule has 0 aliphatic carbocycles. The molecule has 0 heterocycles. The van der Waals surface area contributed by atoms with Crippen LogP contribution in [0.4, 0.5) is 15.3 Å². The Kier molecular flexibility index (Phi) is 33.5. The summed E-state index contributed by atoms with van der Waals surface area (Å²) >= 11 is 0. The van der Waals surface area contributed by atoms with E-state index in [4.69, 9.17) is 15.2 Å². The number of benzene rings is 1. The molecule has 0 aromatic heterocycles. The van der Waals surface area contributed by atoms with Gasteiger partial charge in [-0.25, -0.2) is 9.59 Å². The van der Waals surface area contributed by atoms with Crippen molar-refractivity contribution >= 4 is 35.5 Å². The van der Waals surface area contributed by atoms with Crippen LogP contribution >= 0.6 is 0 Å². The van der Waals surface area contributed by atoms with Crippen LogP contribution in [-0.4, -0.2) is 107 Å². The van der Waals surface area contributed by atoms with E-state index in [1.54, 1.807) is 38.4 Å². The number of hydrogen-bond acceptors (Lipinski definition) is 8. The SMILES string of the molecule is CC.CCCCC(=O)NC(C(=O)NCC(=O)Nc1ccc(COC(=O)N(C)CCN(C)C)cc1)C(C)C.CCCNC(N)=O.COCCC(C)C. The first-order chi connectivity index (χ1) is 24.1. The second-order valence-electron chi connectivity index (χ2n) is 12.6. The van der Waals surface area contributed by atoms with Gasteiger partial charge in [0.05, 0.1) is 6.54 Å². The minimum atomic E-state index is -0.698. The Morgan fingerprint density at radius 3 is 1.90 bits per heavy atom. The Hall–Kier alpha value is -3.91. The first-order valence-corrected chi connectivity index (χ1v) is 18.1. The Bertz CT molecular complexity index is 1070. The van der Waals surface area contributed by atoms with Crippen molar-refractivity contribution in [2.75, 3.05) is 66.4 Å². The largest absolute Gasteiger partial charge is 0.445 e. The van der Waals surface area contributed by atoms with Gasteiger partial charge in [-0.1, -0.05) is 73.9 Å². The van der Waals surface area contributed by atoms with Crippen LogP contribution in [0.15, 0.2) is 24.3 Å². The van der Waals surface area contributed by atoms with Gasteiger partial charge in [-0.2, -0.15) is 0 Å². The summed E-state index contributed by atoms with van der Waals surface area (Å²) in [5.41, 5.74) is 6.06. The van der Waals surface area contributed by atoms with Gasteiger partial charge in [0, 0.05) is 52.5 Å². The van der Waals surface area contributed by atoms with Gasteiger partial charge in [-0.15, -0.1) is 0 Å². The van der Waals surface area contributed by atoms with Crippen LogP contribution in [-0.2, 0) is 30.5 Å². The Morgan fingerprint density at radius 2 is 1.47 bits per heavy atom. The molecule has 1 aromatic carbocycles. The average molecular weight is 726 g/mol. The van der Waals surface area contributed by atoms with E-state index in [2.05, 4.69) is 35.1 Å². The topological polar surface area (TPSA) is 184 Å². The molecule has 0 aliphatic rings. The molecule has 0 spiro atoms. The maximum Gasteiger partial charge on any atom is 0.409 e. The maximum atomic E-state index is 12.5. The number of ether oxygens (including phenoxy) is 2. The van der Waals surface area contributed by atoms with Crippen LogP contribution < -0.4 is 27.0 Å². The normalized spacial score (nSPS) is 10.6. The number of unbranched alkanes of at least 4 members (excludes halogenated alkanes) is 1. The molecule has 1 aromatic rings. The lowest BCUT2D eigenvalue weighted by Gasteiger charge is -2.21. The summed E-state index contributed by atoms with van der Waals surface area (Å²) in [5.74, 6) is -0.290. The number of amides is 6. The summed E-state index contributed by atoms with van der Waals surface area (Å²) in [4.78, 5) is 62.2. The molecule has 0 fully saturated rings. The van der Waals surface area contributed by atoms with Gasteiger partial charge in [0.2, 0.25) is 17.7 Å². The maximum absolute atomic E-state index is 12.5. The molecule has 1 atom stereocenters. The quantitative estimate of drug-likeness (QED) is 0.132. The van der Waals surface area contributed by atoms with Crippen molar-refractivity contribution in [3.63, 3.8) is 0 Å². The van der Waals surface area contributed by atoms with Gasteiger partial charge in [0.1, 0.15) is 12.6 Å². The number of anilines is 1. The zero-order chi connectivity index (χ0) is 39.8. The van der Waals surface area contributed by atoms with Crippen LogP contribution in [0, 0.1) is 11.8 Å². The lowest BCUT2D eigenvalue weighted by atomic mass is 10.0. The molecule has 0 saturated heterocycles. The molecule has 51 heavy (non-hydrogen) atoms. The number of nitrogens with zero attached hydrogens (tertiary/aromatic N) is 2. The summed E-state index contributed by atoms with van der Waals surface area (Å²) < 4.78 is 10.2. The van der Waals surface area contributed by atoms with Crippen molar-refractivity contribution in [2.24, 2.45) is 17.6 Å². The molecule has 14 nitrogen and oxygen atoms in total. The van der Waals surface area contributed by atoms with E-state index in [0.29, 0.717) is 25.2 Å². The molecule has 0 radical (unpaired) electrons. The minimum Gasteiger partial charge on any atom is -0.445 e. The summed E-state index contributed by atoms with van der Waals surface area (Å²) in [6.07, 6.45) is 3.73. The highest BCUT2D eigenvalue weighted by atomic mass is 16.6. The zero-order valence-electron chi connectivity index (χ0n) is 33.6. The Labute approximate surface area is 308 Å². The van der Waals surface area contributed by atoms with E-state index < -0.39 is 24.1 Å². The third-order valence-corrected chi connectivity index (χ3v) is 6.69. The number of carbonyl (C=O) groups is 5. The van der Waals surface area contributed by atoms with Gasteiger partial charge in [-0.3, -0.25) is 14.4 Å². The van der Waals surface area contributed by atoms with E-state index in [9.17, 15) is 24.0 Å². The number of carbonyl (C=O) groups excluding carboxylic acids is 5. The highest BCUT2D eigenvalue weighted by molar-refractivity contribution is 5.96. The van der Waals surface area contributed by atoms with Crippen molar-refractivity contribution in [3.8, 4) is 0 Å². The first-order valence-electron chi connectivity index (χ1n) is 18.1. The fourth-order valence-electron chi connectivity index (χ4n) is 3.58. The van der Waals surface area contributed by atoms with Crippen LogP contribution in [0.2, 0.25) is 0 Å². The van der Waals surface area contributed by atoms with Gasteiger partial charge in [-0.05, 0) is 62.9 Å². The number of nitrogens with two attached hydrogens (primary N) is 1. The zero-order valence-corrected chi connectivity index (χ0v) is 33.6. The van der Waals surface area contributed by atoms with Gasteiger partial charge < -0.3 is 46.3 Å². The van der Waals surface area contributed by atoms with E-state index in [1.807, 2.05) is 60.5 Å². The predicted molar refractivity (Wildman–Crippen MR) is 206 cm³/mol. The predicted octanol–water partition coefficient (Wildman–Crippen LogP) is 4.97. The molecule has 0 aliphatic heterocycles. The molecule has 14 heteroatoms. The molecular formula is C37H71N7O7. The number of hydrogen-bond donors (Lipinski definition) is 5. The standard InChI is InChI=1S/C25H41N5O5.C6H14O.C4H10N2O.C2H6/c1-7-8-9-21(31)28-23(18(2)3)24(33)26-16-22(32)27-20-12-10-19(11-13-20)17-35-25(34)30(6)15-14-29(4)5;1-6(2)4-5-7-3;1-2-3-6-4(5)7;1-2/h10-13,18,23H,7-9,14-17H2,1-6H3,(H,26,33)(H,27,32)(H,28,31);6H,4-5H2,1-3H3;2-3H2,1H3,(H3,5,6,7);1-2H3. The first kappa shape index (κ1) is 51.5. The van der Waals surface area contributed by atoms with Gasteiger partial charge in [0.15, 0.2) is 0 Å². The van der Waals surface area contributed by atoms with E-state index in [-0.39, 0.29) is 30.9 Å². The van der Waals surface area contributed by atoms with Crippen molar-refractivity contribution < 1.29 is 33.4 Å². The van der Waals surface area contributed by atoms with E-state index in [1.165, 1.54) is 11.3 Å². The number of likely N-dealkylation sites (N-methyl/N-ethyl adjacent to an activating group) is 2. The number of primary amides is 1. The van der Waals surface area contributed by atoms with Crippen LogP contribution in [0.25, 0.3) is 0 Å². The van der Waals surface area contributed by atoms with Crippen molar-refractivity contribution in [1.29, 1.82) is 0 Å². The molecule has 0 saturated carbocycles. The fraction of sp³-hybridized carbons (Fsp3) is 0.703. The molecule has 6 N–H and O–H groups in total. The molecule has 6 amide bonds. The second-order valence-corrected chi connectivity index (χ2v) is 12.6. The summed E-state index contributed by atoms with van der Waals surface area (Å²) in [5, 5.41) is 10.5. The monoisotopic (exact) mass is 726 g/mol. The summed E-state index contributed by atoms with van der Waals surface area (Å²) in [6, 6.07) is 5.76. The summed E-state index contributed by atoms with van der Waals surface area (Å²) in [7, 11) is 7.30. The highest BCUT2D eigenvalue weighted by Gasteiger charge is 2.24. The smallest absolute Gasteiger partial charge is 0.409 e. The fourth-order valence-corrected chi connectivity index (χ4v) is 3.58. The molecular weight excluding hydrogens is 654 g/mol. The van der Waals surface area contributed by atoms with Gasteiger partial charge in [0.25, 0.3) is 0 Å². The number of nitrogens with one attached hydrogen (secondary N) is 4. The van der Waals surface area contributed by atoms with Crippen LogP contribution in [0.3, 0.4) is 0 Å². The highest BCUT2D eigenvalue weighted by Crippen LogP contribution is 2.11. The second kappa shape index (κ2) is 33.2. The minimum absolute atomic E-state index is 0.113. The number of rotatable bonds is 19. The molecule has 296 valence electrons. The average Bonchev–Trinajstić information content (AvgIpc) is 3.09. The van der Waals surface area contributed by atoms with Gasteiger partial charge >= 0.3 is 12.1 Å².